The molecule has 14 heavy (non-hydrogen) atoms. The molecule has 0 atom stereocenters. The molecule has 0 aliphatic heterocycles. The summed E-state index contributed by atoms with van der Waals surface area (Å²) in [4.78, 5) is 2.75. The summed E-state index contributed by atoms with van der Waals surface area (Å²) in [6.07, 6.45) is 1.64. The largest absolute Gasteiger partial charge is 0.489 e. The van der Waals surface area contributed by atoms with Crippen LogP contribution in [-0.2, 0) is 0 Å². The molecule has 72 valence electrons. The van der Waals surface area contributed by atoms with Crippen LogP contribution in [0.25, 0.3) is 10.9 Å². The summed E-state index contributed by atoms with van der Waals surface area (Å²) in [6, 6.07) is 2.59. The Morgan fingerprint density at radius 1 is 1.36 bits per heavy atom. The minimum absolute atomic E-state index is 0.313. The van der Waals surface area contributed by atoms with E-state index in [1.54, 1.807) is 13.1 Å². The summed E-state index contributed by atoms with van der Waals surface area (Å²) < 4.78 is 13.2. The first-order valence-corrected chi connectivity index (χ1v) is 4.23. The lowest BCUT2D eigenvalue weighted by Crippen LogP contribution is -2.30. The van der Waals surface area contributed by atoms with Crippen molar-refractivity contribution in [2.24, 2.45) is 0 Å². The molecule has 0 radical (unpaired) electrons. The lowest BCUT2D eigenvalue weighted by molar-refractivity contribution is 0.426. The molecule has 5 heteroatoms. The zero-order chi connectivity index (χ0) is 10.3. The van der Waals surface area contributed by atoms with E-state index in [4.69, 9.17) is 10.0 Å². The number of aromatic nitrogens is 1. The SMILES string of the molecule is Cc1c[nH]c2c(F)ccc(B(O)O)c12. The van der Waals surface area contributed by atoms with Gasteiger partial charge in [0.05, 0.1) is 5.52 Å². The molecule has 0 unspecified atom stereocenters. The number of nitrogens with one attached hydrogen (secondary N) is 1. The quantitative estimate of drug-likeness (QED) is 0.570. The number of aryl methyl sites for hydroxylation is 1. The van der Waals surface area contributed by atoms with Crippen LogP contribution in [0.5, 0.6) is 0 Å². The van der Waals surface area contributed by atoms with Gasteiger partial charge in [-0.15, -0.1) is 0 Å². The van der Waals surface area contributed by atoms with Crippen molar-refractivity contribution >= 4 is 23.5 Å². The summed E-state index contributed by atoms with van der Waals surface area (Å²) in [7, 11) is -1.58. The average Bonchev–Trinajstić information content (AvgIpc) is 2.50. The minimum Gasteiger partial charge on any atom is -0.423 e. The minimum atomic E-state index is -1.58. The molecule has 1 aromatic carbocycles. The van der Waals surface area contributed by atoms with Gasteiger partial charge in [0.25, 0.3) is 0 Å². The molecule has 2 rings (SSSR count). The number of hydrogen-bond acceptors (Lipinski definition) is 2. The Kier molecular flexibility index (Phi) is 2.05. The molecule has 2 aromatic rings. The first-order chi connectivity index (χ1) is 6.61. The Hall–Kier alpha value is -1.33. The molecule has 0 spiro atoms. The Bertz CT molecular complexity index is 481. The molecule has 3 N–H and O–H groups in total. The first kappa shape index (κ1) is 9.24. The average molecular weight is 193 g/mol. The van der Waals surface area contributed by atoms with Gasteiger partial charge in [0, 0.05) is 11.6 Å². The van der Waals surface area contributed by atoms with Crippen molar-refractivity contribution < 1.29 is 14.4 Å². The van der Waals surface area contributed by atoms with Crippen LogP contribution in [0, 0.1) is 12.7 Å². The zero-order valence-corrected chi connectivity index (χ0v) is 7.58. The second kappa shape index (κ2) is 3.11. The fourth-order valence-corrected chi connectivity index (χ4v) is 1.63. The van der Waals surface area contributed by atoms with Gasteiger partial charge in [-0.05, 0) is 24.0 Å². The van der Waals surface area contributed by atoms with Gasteiger partial charge in [0.15, 0.2) is 0 Å². The number of benzene rings is 1. The molecule has 0 fully saturated rings. The summed E-state index contributed by atoms with van der Waals surface area (Å²) >= 11 is 0. The van der Waals surface area contributed by atoms with Crippen LogP contribution in [0.3, 0.4) is 0 Å². The molecular weight excluding hydrogens is 184 g/mol. The van der Waals surface area contributed by atoms with Gasteiger partial charge in [0.2, 0.25) is 0 Å². The Morgan fingerprint density at radius 3 is 2.71 bits per heavy atom. The third-order valence-electron chi connectivity index (χ3n) is 2.29. The number of fused-ring (bicyclic) bond motifs is 1. The van der Waals surface area contributed by atoms with E-state index in [9.17, 15) is 4.39 Å². The molecular formula is C9H9BFNO2. The third-order valence-corrected chi connectivity index (χ3v) is 2.29. The number of hydrogen-bond donors (Lipinski definition) is 3. The van der Waals surface area contributed by atoms with Crippen LogP contribution in [0.4, 0.5) is 4.39 Å². The van der Waals surface area contributed by atoms with Crippen molar-refractivity contribution in [2.45, 2.75) is 6.92 Å². The lowest BCUT2D eigenvalue weighted by Gasteiger charge is -2.03. The van der Waals surface area contributed by atoms with Gasteiger partial charge in [-0.1, -0.05) is 6.07 Å². The molecule has 0 saturated carbocycles. The molecule has 0 amide bonds. The van der Waals surface area contributed by atoms with Crippen LogP contribution in [-0.4, -0.2) is 22.2 Å². The molecule has 0 aliphatic carbocycles. The maximum atomic E-state index is 13.2. The highest BCUT2D eigenvalue weighted by Crippen LogP contribution is 2.18. The summed E-state index contributed by atoms with van der Waals surface area (Å²) in [5.74, 6) is -0.391. The van der Waals surface area contributed by atoms with Gasteiger partial charge in [-0.3, -0.25) is 0 Å². The second-order valence-corrected chi connectivity index (χ2v) is 3.23. The van der Waals surface area contributed by atoms with E-state index in [1.807, 2.05) is 0 Å². The van der Waals surface area contributed by atoms with E-state index in [1.165, 1.54) is 12.1 Å². The van der Waals surface area contributed by atoms with Crippen molar-refractivity contribution in [1.82, 2.24) is 4.98 Å². The van der Waals surface area contributed by atoms with Crippen molar-refractivity contribution in [2.75, 3.05) is 0 Å². The van der Waals surface area contributed by atoms with Gasteiger partial charge in [-0.25, -0.2) is 4.39 Å². The maximum absolute atomic E-state index is 13.2. The molecule has 0 bridgehead atoms. The number of aromatic amines is 1. The van der Waals surface area contributed by atoms with E-state index in [-0.39, 0.29) is 0 Å². The van der Waals surface area contributed by atoms with E-state index in [0.717, 1.165) is 5.56 Å². The maximum Gasteiger partial charge on any atom is 0.489 e. The Morgan fingerprint density at radius 2 is 2.07 bits per heavy atom. The fourth-order valence-electron chi connectivity index (χ4n) is 1.63. The number of halogens is 1. The molecule has 1 heterocycles. The van der Waals surface area contributed by atoms with E-state index in [0.29, 0.717) is 16.4 Å². The molecule has 3 nitrogen and oxygen atoms in total. The topological polar surface area (TPSA) is 56.2 Å². The fraction of sp³-hybridized carbons (Fsp3) is 0.111. The van der Waals surface area contributed by atoms with E-state index < -0.39 is 12.9 Å². The highest BCUT2D eigenvalue weighted by atomic mass is 19.1. The van der Waals surface area contributed by atoms with Crippen molar-refractivity contribution in [1.29, 1.82) is 0 Å². The summed E-state index contributed by atoms with van der Waals surface area (Å²) in [5, 5.41) is 18.7. The van der Waals surface area contributed by atoms with Gasteiger partial charge < -0.3 is 15.0 Å². The molecule has 0 saturated heterocycles. The Balaban J connectivity index is 2.85. The molecule has 1 aromatic heterocycles. The monoisotopic (exact) mass is 193 g/mol. The van der Waals surface area contributed by atoms with Crippen molar-refractivity contribution in [3.05, 3.63) is 29.7 Å². The third kappa shape index (κ3) is 1.22. The van der Waals surface area contributed by atoms with Crippen LogP contribution in [0.1, 0.15) is 5.56 Å². The van der Waals surface area contributed by atoms with Crippen LogP contribution >= 0.6 is 0 Å². The van der Waals surface area contributed by atoms with E-state index in [2.05, 4.69) is 4.98 Å². The number of H-pyrrole nitrogens is 1. The summed E-state index contributed by atoms with van der Waals surface area (Å²) in [5.41, 5.74) is 1.43. The van der Waals surface area contributed by atoms with Crippen molar-refractivity contribution in [3.63, 3.8) is 0 Å². The standard InChI is InChI=1S/C9H9BFNO2/c1-5-4-12-9-7(11)3-2-6(8(5)9)10(13)14/h2-4,12-14H,1H3. The smallest absolute Gasteiger partial charge is 0.423 e. The Labute approximate surface area is 80.3 Å². The summed E-state index contributed by atoms with van der Waals surface area (Å²) in [6.45, 7) is 1.78. The predicted octanol–water partition coefficient (Wildman–Crippen LogP) is 0.295. The van der Waals surface area contributed by atoms with Crippen LogP contribution in [0.15, 0.2) is 18.3 Å². The van der Waals surface area contributed by atoms with E-state index >= 15 is 0 Å². The highest BCUT2D eigenvalue weighted by Gasteiger charge is 2.18. The van der Waals surface area contributed by atoms with Crippen molar-refractivity contribution in [3.8, 4) is 0 Å². The predicted molar refractivity (Wildman–Crippen MR) is 52.8 cm³/mol. The normalized spacial score (nSPS) is 10.9. The van der Waals surface area contributed by atoms with Crippen LogP contribution in [0.2, 0.25) is 0 Å². The van der Waals surface area contributed by atoms with Gasteiger partial charge in [0.1, 0.15) is 5.82 Å². The van der Waals surface area contributed by atoms with Crippen LogP contribution < -0.4 is 5.46 Å². The van der Waals surface area contributed by atoms with Gasteiger partial charge in [-0.2, -0.15) is 0 Å². The number of rotatable bonds is 1. The second-order valence-electron chi connectivity index (χ2n) is 3.23. The molecule has 0 aliphatic rings. The first-order valence-electron chi connectivity index (χ1n) is 4.23. The van der Waals surface area contributed by atoms with Gasteiger partial charge >= 0.3 is 7.12 Å². The highest BCUT2D eigenvalue weighted by molar-refractivity contribution is 6.62. The zero-order valence-electron chi connectivity index (χ0n) is 7.58. The lowest BCUT2D eigenvalue weighted by atomic mass is 9.77.